The Morgan fingerprint density at radius 3 is 0.466 bits per heavy atom. The van der Waals surface area contributed by atoms with Gasteiger partial charge in [0, 0.05) is 13.2 Å². The Kier molecular flexibility index (Phi) is 84.6. The van der Waals surface area contributed by atoms with E-state index in [-0.39, 0.29) is 0 Å². The maximum absolute atomic E-state index is 5.70. The van der Waals surface area contributed by atoms with Crippen molar-refractivity contribution in [2.24, 2.45) is 5.73 Å². The predicted molar refractivity (Wildman–Crippen MR) is 337 cm³/mol. The molecule has 24 heteroatoms. The normalized spacial score (nSPS) is 11.9. The molecule has 0 fully saturated rings. The topological polar surface area (TPSA) is 238 Å². The molecule has 0 radical (unpaired) electrons. The summed E-state index contributed by atoms with van der Waals surface area (Å²) in [5, 5.41) is 0. The summed E-state index contributed by atoms with van der Waals surface area (Å²) >= 11 is 0. The van der Waals surface area contributed by atoms with Crippen LogP contribution in [0.15, 0.2) is 12.2 Å². The smallest absolute Gasteiger partial charge is 0.0701 e. The van der Waals surface area contributed by atoms with Crippen LogP contribution in [0.4, 0.5) is 0 Å². The molecule has 0 heterocycles. The van der Waals surface area contributed by atoms with Crippen molar-refractivity contribution in [1.82, 2.24) is 0 Å². The van der Waals surface area contributed by atoms with Gasteiger partial charge in [0.05, 0.1) is 297 Å². The molecule has 88 heavy (non-hydrogen) atoms. The summed E-state index contributed by atoms with van der Waals surface area (Å²) < 4.78 is 127. The Morgan fingerprint density at radius 1 is 0.159 bits per heavy atom. The quantitative estimate of drug-likeness (QED) is 0.0514. The summed E-state index contributed by atoms with van der Waals surface area (Å²) in [5.41, 5.74) is 5.35. The van der Waals surface area contributed by atoms with Crippen molar-refractivity contribution in [2.45, 2.75) is 96.8 Å². The zero-order valence-electron chi connectivity index (χ0n) is 55.3. The summed E-state index contributed by atoms with van der Waals surface area (Å²) in [6, 6.07) is 0. The second kappa shape index (κ2) is 85.8. The second-order valence-electron chi connectivity index (χ2n) is 19.8. The number of nitrogens with two attached hydrogens (primary N) is 1. The molecule has 24 nitrogen and oxygen atoms in total. The fourth-order valence-corrected chi connectivity index (χ4v) is 7.48. The molecule has 0 spiro atoms. The van der Waals surface area contributed by atoms with Gasteiger partial charge in [0.1, 0.15) is 0 Å². The maximum atomic E-state index is 5.70. The minimum absolute atomic E-state index is 0.488. The largest absolute Gasteiger partial charge is 0.379 e. The van der Waals surface area contributed by atoms with Crippen molar-refractivity contribution in [3.05, 3.63) is 12.2 Å². The summed E-state index contributed by atoms with van der Waals surface area (Å²) in [7, 11) is 0. The molecule has 0 unspecified atom stereocenters. The van der Waals surface area contributed by atoms with E-state index in [1.54, 1.807) is 0 Å². The van der Waals surface area contributed by atoms with Gasteiger partial charge in [0.15, 0.2) is 0 Å². The molecule has 0 amide bonds. The van der Waals surface area contributed by atoms with E-state index in [9.17, 15) is 0 Å². The summed E-state index contributed by atoms with van der Waals surface area (Å²) in [5.74, 6) is 0. The fraction of sp³-hybridized carbons (Fsp3) is 0.969. The van der Waals surface area contributed by atoms with E-state index >= 15 is 0 Å². The molecule has 0 aromatic heterocycles. The Bertz CT molecular complexity index is 1230. The highest BCUT2D eigenvalue weighted by Crippen LogP contribution is 2.11. The molecule has 0 aromatic carbocycles. The van der Waals surface area contributed by atoms with Crippen LogP contribution in [0.1, 0.15) is 96.8 Å². The standard InChI is InChI=1S/C64H129NO23/c1-2-3-4-5-6-7-8-9-10-11-12-13-14-15-16-17-19-66-21-23-68-25-27-70-29-31-72-33-35-74-37-39-76-41-43-78-45-47-80-49-51-82-53-55-84-57-59-86-61-63-88-64-62-87-60-58-85-56-54-83-52-50-81-48-46-79-44-42-77-40-38-75-36-34-73-32-30-71-28-26-69-24-22-67-20-18-65/h12-13H,2-11,14-65H2,1H3/b13-12+. The monoisotopic (exact) mass is 1280 g/mol. The van der Waals surface area contributed by atoms with Crippen LogP contribution in [0.3, 0.4) is 0 Å². The minimum Gasteiger partial charge on any atom is -0.379 e. The van der Waals surface area contributed by atoms with Crippen molar-refractivity contribution in [1.29, 1.82) is 0 Å². The first kappa shape index (κ1) is 86.8. The van der Waals surface area contributed by atoms with Gasteiger partial charge >= 0.3 is 0 Å². The van der Waals surface area contributed by atoms with Gasteiger partial charge in [-0.1, -0.05) is 76.9 Å². The number of unbranched alkanes of at least 4 members (excludes halogenated alkanes) is 12. The van der Waals surface area contributed by atoms with E-state index in [2.05, 4.69) is 19.1 Å². The first-order chi connectivity index (χ1) is 43.9. The van der Waals surface area contributed by atoms with Crippen LogP contribution in [0.5, 0.6) is 0 Å². The third-order valence-corrected chi connectivity index (χ3v) is 12.2. The maximum Gasteiger partial charge on any atom is 0.0701 e. The predicted octanol–water partition coefficient (Wildman–Crippen LogP) is 6.36. The molecule has 0 saturated heterocycles. The lowest BCUT2D eigenvalue weighted by atomic mass is 10.1. The third kappa shape index (κ3) is 84.8. The van der Waals surface area contributed by atoms with E-state index in [4.69, 9.17) is 115 Å². The number of ether oxygens (including phenoxy) is 23. The molecule has 0 bridgehead atoms. The van der Waals surface area contributed by atoms with E-state index in [0.29, 0.717) is 304 Å². The van der Waals surface area contributed by atoms with Gasteiger partial charge in [-0.3, -0.25) is 0 Å². The first-order valence-electron chi connectivity index (χ1n) is 33.5. The van der Waals surface area contributed by atoms with Gasteiger partial charge < -0.3 is 115 Å². The number of hydrogen-bond acceptors (Lipinski definition) is 24. The highest BCUT2D eigenvalue weighted by atomic mass is 16.6. The van der Waals surface area contributed by atoms with Crippen LogP contribution in [-0.2, 0) is 109 Å². The average molecular weight is 1280 g/mol. The van der Waals surface area contributed by atoms with Crippen molar-refractivity contribution < 1.29 is 109 Å². The molecular weight excluding hydrogens is 1150 g/mol. The molecule has 0 aliphatic rings. The lowest BCUT2D eigenvalue weighted by Crippen LogP contribution is -2.16. The van der Waals surface area contributed by atoms with Crippen molar-refractivity contribution >= 4 is 0 Å². The van der Waals surface area contributed by atoms with Gasteiger partial charge in [-0.25, -0.2) is 0 Å². The molecule has 0 saturated carbocycles. The number of rotatable bonds is 84. The van der Waals surface area contributed by atoms with E-state index in [1.807, 2.05) is 0 Å². The van der Waals surface area contributed by atoms with Crippen LogP contribution in [-0.4, -0.2) is 310 Å². The highest BCUT2D eigenvalue weighted by molar-refractivity contribution is 4.81. The van der Waals surface area contributed by atoms with Crippen molar-refractivity contribution in [3.63, 3.8) is 0 Å². The van der Waals surface area contributed by atoms with Gasteiger partial charge in [0.2, 0.25) is 0 Å². The summed E-state index contributed by atoms with van der Waals surface area (Å²) in [4.78, 5) is 0. The second-order valence-corrected chi connectivity index (χ2v) is 19.8. The molecule has 0 aliphatic carbocycles. The lowest BCUT2D eigenvalue weighted by Gasteiger charge is -2.09. The van der Waals surface area contributed by atoms with Crippen LogP contribution < -0.4 is 5.73 Å². The minimum atomic E-state index is 0.488. The van der Waals surface area contributed by atoms with Gasteiger partial charge in [0.25, 0.3) is 0 Å². The summed E-state index contributed by atoms with van der Waals surface area (Å²) in [6.45, 7) is 26.5. The van der Waals surface area contributed by atoms with E-state index in [1.165, 1.54) is 83.5 Å². The van der Waals surface area contributed by atoms with Gasteiger partial charge in [-0.15, -0.1) is 0 Å². The molecule has 2 N–H and O–H groups in total. The third-order valence-electron chi connectivity index (χ3n) is 12.2. The molecule has 0 aromatic rings. The first-order valence-corrected chi connectivity index (χ1v) is 33.5. The fourth-order valence-electron chi connectivity index (χ4n) is 7.48. The molecular formula is C64H129NO23. The van der Waals surface area contributed by atoms with Crippen LogP contribution in [0, 0.1) is 0 Å². The number of hydrogen-bond donors (Lipinski definition) is 1. The molecule has 0 aliphatic heterocycles. The van der Waals surface area contributed by atoms with Gasteiger partial charge in [-0.05, 0) is 32.1 Å². The van der Waals surface area contributed by atoms with Crippen LogP contribution in [0.2, 0.25) is 0 Å². The highest BCUT2D eigenvalue weighted by Gasteiger charge is 2.01. The Hall–Kier alpha value is -1.22. The molecule has 528 valence electrons. The van der Waals surface area contributed by atoms with Crippen LogP contribution in [0.25, 0.3) is 0 Å². The zero-order valence-corrected chi connectivity index (χ0v) is 55.3. The zero-order chi connectivity index (χ0) is 62.8. The van der Waals surface area contributed by atoms with Gasteiger partial charge in [-0.2, -0.15) is 0 Å². The SMILES string of the molecule is CCCCCCCCCCC/C=C/CCCCCOCCOCCOCCOCCOCCOCCOCCOCCOCCOCCOCCOCCOCCOCCOCCOCCOCCOCCOCCOCCOCCOCCOCCN. The molecule has 0 atom stereocenters. The van der Waals surface area contributed by atoms with Crippen molar-refractivity contribution in [2.75, 3.05) is 310 Å². The Labute approximate surface area is 532 Å². The van der Waals surface area contributed by atoms with Crippen molar-refractivity contribution in [3.8, 4) is 0 Å². The Balaban J connectivity index is 3.09. The molecule has 0 rings (SSSR count). The van der Waals surface area contributed by atoms with Crippen LogP contribution >= 0.6 is 0 Å². The Morgan fingerprint density at radius 2 is 0.295 bits per heavy atom. The average Bonchev–Trinajstić information content (AvgIpc) is 3.54. The summed E-state index contributed by atoms with van der Waals surface area (Å²) in [6.07, 6.45) is 23.3. The van der Waals surface area contributed by atoms with E-state index < -0.39 is 0 Å². The lowest BCUT2D eigenvalue weighted by molar-refractivity contribution is -0.0318. The number of allylic oxidation sites excluding steroid dienone is 2. The van der Waals surface area contributed by atoms with E-state index in [0.717, 1.165) is 13.0 Å².